The van der Waals surface area contributed by atoms with E-state index < -0.39 is 0 Å². The highest BCUT2D eigenvalue weighted by molar-refractivity contribution is 8.16. The second kappa shape index (κ2) is 10.4. The molecule has 0 aromatic heterocycles. The summed E-state index contributed by atoms with van der Waals surface area (Å²) in [6.07, 6.45) is 1.29. The molecule has 0 radical (unpaired) electrons. The largest absolute Gasteiger partial charge is 0.484 e. The van der Waals surface area contributed by atoms with Crippen molar-refractivity contribution in [1.82, 2.24) is 9.80 Å². The fourth-order valence-corrected chi connectivity index (χ4v) is 6.43. The van der Waals surface area contributed by atoms with Gasteiger partial charge < -0.3 is 9.64 Å². The van der Waals surface area contributed by atoms with Crippen molar-refractivity contribution in [2.24, 2.45) is 5.92 Å². The van der Waals surface area contributed by atoms with Gasteiger partial charge in [0.2, 0.25) is 0 Å². The lowest BCUT2D eigenvalue weighted by molar-refractivity contribution is -0.135. The van der Waals surface area contributed by atoms with E-state index in [1.54, 1.807) is 0 Å². The second-order valence-corrected chi connectivity index (χ2v) is 10.2. The van der Waals surface area contributed by atoms with E-state index >= 15 is 0 Å². The Morgan fingerprint density at radius 3 is 2.39 bits per heavy atom. The topological polar surface area (TPSA) is 56.6 Å². The van der Waals surface area contributed by atoms with Crippen LogP contribution in [0, 0.1) is 17.2 Å². The number of ether oxygens (including phenoxy) is 1. The Labute approximate surface area is 176 Å². The van der Waals surface area contributed by atoms with E-state index in [2.05, 4.69) is 36.9 Å². The van der Waals surface area contributed by atoms with E-state index in [1.807, 2.05) is 40.6 Å². The van der Waals surface area contributed by atoms with E-state index in [-0.39, 0.29) is 18.6 Å². The standard InChI is InChI=1S/C21H29N3O2S2/c1-16(2)19(14-22)23-8-10-24(11-9-23)20(25)15-26-18-6-4-17(5-7-18)21-27-12-3-13-28-21/h4-7,16,19,21H,3,8-13,15H2,1-2H3. The van der Waals surface area contributed by atoms with Crippen LogP contribution in [0.1, 0.15) is 30.4 Å². The summed E-state index contributed by atoms with van der Waals surface area (Å²) in [5, 5.41) is 9.34. The Morgan fingerprint density at radius 2 is 1.82 bits per heavy atom. The number of piperazine rings is 1. The van der Waals surface area contributed by atoms with Gasteiger partial charge >= 0.3 is 0 Å². The predicted molar refractivity (Wildman–Crippen MR) is 117 cm³/mol. The average Bonchev–Trinajstić information content (AvgIpc) is 2.74. The first-order valence-corrected chi connectivity index (χ1v) is 12.1. The third kappa shape index (κ3) is 5.59. The molecule has 152 valence electrons. The highest BCUT2D eigenvalue weighted by atomic mass is 32.2. The maximum atomic E-state index is 12.5. The van der Waals surface area contributed by atoms with Crippen molar-refractivity contribution in [2.75, 3.05) is 44.3 Å². The van der Waals surface area contributed by atoms with E-state index in [1.165, 1.54) is 23.5 Å². The molecule has 1 aromatic rings. The maximum Gasteiger partial charge on any atom is 0.260 e. The van der Waals surface area contributed by atoms with Gasteiger partial charge in [-0.25, -0.2) is 0 Å². The molecule has 1 amide bonds. The molecular formula is C21H29N3O2S2. The lowest BCUT2D eigenvalue weighted by Crippen LogP contribution is -2.53. The Morgan fingerprint density at radius 1 is 1.18 bits per heavy atom. The molecule has 0 N–H and O–H groups in total. The zero-order valence-corrected chi connectivity index (χ0v) is 18.3. The summed E-state index contributed by atoms with van der Waals surface area (Å²) >= 11 is 4.00. The van der Waals surface area contributed by atoms with Gasteiger partial charge in [-0.2, -0.15) is 5.26 Å². The number of amides is 1. The summed E-state index contributed by atoms with van der Waals surface area (Å²) in [6.45, 7) is 7.00. The minimum absolute atomic E-state index is 0.0140. The molecule has 3 rings (SSSR count). The molecule has 2 aliphatic rings. The van der Waals surface area contributed by atoms with Crippen LogP contribution in [-0.4, -0.2) is 66.0 Å². The van der Waals surface area contributed by atoms with Gasteiger partial charge in [0.25, 0.3) is 5.91 Å². The first-order chi connectivity index (χ1) is 13.6. The first kappa shape index (κ1) is 21.4. The molecule has 0 bridgehead atoms. The van der Waals surface area contributed by atoms with Crippen LogP contribution in [0.5, 0.6) is 5.75 Å². The SMILES string of the molecule is CC(C)C(C#N)N1CCN(C(=O)COc2ccc(C3SCCCS3)cc2)CC1. The number of carbonyl (C=O) groups is 1. The third-order valence-corrected chi connectivity index (χ3v) is 8.18. The number of benzene rings is 1. The van der Waals surface area contributed by atoms with Crippen molar-refractivity contribution >= 4 is 29.4 Å². The molecule has 0 spiro atoms. The van der Waals surface area contributed by atoms with E-state index in [9.17, 15) is 10.1 Å². The van der Waals surface area contributed by atoms with Crippen molar-refractivity contribution in [3.8, 4) is 11.8 Å². The minimum atomic E-state index is -0.0764. The number of rotatable bonds is 6. The fraction of sp³-hybridized carbons (Fsp3) is 0.619. The Bertz CT molecular complexity index is 676. The molecule has 2 saturated heterocycles. The van der Waals surface area contributed by atoms with Gasteiger partial charge in [-0.1, -0.05) is 26.0 Å². The van der Waals surface area contributed by atoms with Gasteiger partial charge in [0.1, 0.15) is 11.8 Å². The molecule has 2 heterocycles. The first-order valence-electron chi connectivity index (χ1n) is 9.96. The summed E-state index contributed by atoms with van der Waals surface area (Å²) in [5.41, 5.74) is 1.32. The Hall–Kier alpha value is -1.36. The molecule has 28 heavy (non-hydrogen) atoms. The van der Waals surface area contributed by atoms with Crippen molar-refractivity contribution in [1.29, 1.82) is 5.26 Å². The van der Waals surface area contributed by atoms with Crippen LogP contribution in [0.2, 0.25) is 0 Å². The van der Waals surface area contributed by atoms with Crippen LogP contribution < -0.4 is 4.74 Å². The summed E-state index contributed by atoms with van der Waals surface area (Å²) in [5.74, 6) is 3.50. The lowest BCUT2D eigenvalue weighted by Gasteiger charge is -2.38. The van der Waals surface area contributed by atoms with E-state index in [0.717, 1.165) is 18.8 Å². The maximum absolute atomic E-state index is 12.5. The molecule has 7 heteroatoms. The number of carbonyl (C=O) groups excluding carboxylic acids is 1. The smallest absolute Gasteiger partial charge is 0.260 e. The summed E-state index contributed by atoms with van der Waals surface area (Å²) in [4.78, 5) is 16.5. The van der Waals surface area contributed by atoms with Gasteiger partial charge in [-0.3, -0.25) is 9.69 Å². The third-order valence-electron chi connectivity index (χ3n) is 5.17. The van der Waals surface area contributed by atoms with Crippen LogP contribution in [-0.2, 0) is 4.79 Å². The molecule has 2 aliphatic heterocycles. The van der Waals surface area contributed by atoms with Crippen LogP contribution >= 0.6 is 23.5 Å². The lowest BCUT2D eigenvalue weighted by atomic mass is 10.0. The second-order valence-electron chi connectivity index (χ2n) is 7.52. The molecule has 1 atom stereocenters. The summed E-state index contributed by atoms with van der Waals surface area (Å²) in [7, 11) is 0. The molecule has 1 unspecified atom stereocenters. The van der Waals surface area contributed by atoms with Gasteiger partial charge in [-0.05, 0) is 41.5 Å². The Balaban J connectivity index is 1.44. The molecule has 2 fully saturated rings. The highest BCUT2D eigenvalue weighted by Gasteiger charge is 2.27. The summed E-state index contributed by atoms with van der Waals surface area (Å²) < 4.78 is 6.24. The zero-order chi connectivity index (χ0) is 19.9. The van der Waals surface area contributed by atoms with Crippen molar-refractivity contribution in [3.05, 3.63) is 29.8 Å². The minimum Gasteiger partial charge on any atom is -0.484 e. The number of hydrogen-bond acceptors (Lipinski definition) is 6. The van der Waals surface area contributed by atoms with Crippen molar-refractivity contribution < 1.29 is 9.53 Å². The number of thioether (sulfide) groups is 2. The monoisotopic (exact) mass is 419 g/mol. The molecule has 1 aromatic carbocycles. The van der Waals surface area contributed by atoms with Crippen molar-refractivity contribution in [3.63, 3.8) is 0 Å². The van der Waals surface area contributed by atoms with E-state index in [4.69, 9.17) is 4.74 Å². The molecule has 0 saturated carbocycles. The van der Waals surface area contributed by atoms with Gasteiger partial charge in [0.15, 0.2) is 6.61 Å². The normalized spacial score (nSPS) is 20.0. The fourth-order valence-electron chi connectivity index (χ4n) is 3.54. The van der Waals surface area contributed by atoms with Crippen LogP contribution in [0.15, 0.2) is 24.3 Å². The van der Waals surface area contributed by atoms with Gasteiger partial charge in [-0.15, -0.1) is 23.5 Å². The molecule has 5 nitrogen and oxygen atoms in total. The number of hydrogen-bond donors (Lipinski definition) is 0. The molecule has 0 aliphatic carbocycles. The average molecular weight is 420 g/mol. The van der Waals surface area contributed by atoms with Crippen LogP contribution in [0.25, 0.3) is 0 Å². The summed E-state index contributed by atoms with van der Waals surface area (Å²) in [6, 6.07) is 10.5. The zero-order valence-electron chi connectivity index (χ0n) is 16.7. The predicted octanol–water partition coefficient (Wildman–Crippen LogP) is 3.63. The van der Waals surface area contributed by atoms with E-state index in [0.29, 0.717) is 23.6 Å². The van der Waals surface area contributed by atoms with Gasteiger partial charge in [0.05, 0.1) is 10.7 Å². The van der Waals surface area contributed by atoms with Crippen molar-refractivity contribution in [2.45, 2.75) is 30.9 Å². The Kier molecular flexibility index (Phi) is 7.95. The number of nitriles is 1. The highest BCUT2D eigenvalue weighted by Crippen LogP contribution is 2.43. The quantitative estimate of drug-likeness (QED) is 0.702. The van der Waals surface area contributed by atoms with Crippen LogP contribution in [0.3, 0.4) is 0 Å². The van der Waals surface area contributed by atoms with Gasteiger partial charge in [0, 0.05) is 26.2 Å². The van der Waals surface area contributed by atoms with Crippen LogP contribution in [0.4, 0.5) is 0 Å². The number of nitrogens with zero attached hydrogens (tertiary/aromatic N) is 3. The molecular weight excluding hydrogens is 390 g/mol.